The monoisotopic (exact) mass is 412 g/mol. The summed E-state index contributed by atoms with van der Waals surface area (Å²) in [5, 5.41) is 12.2. The minimum Gasteiger partial charge on any atom is -0.342 e. The first-order valence-electron chi connectivity index (χ1n) is 8.88. The molecule has 0 aliphatic carbocycles. The average molecular weight is 412 g/mol. The van der Waals surface area contributed by atoms with E-state index in [0.29, 0.717) is 31.6 Å². The summed E-state index contributed by atoms with van der Waals surface area (Å²) in [6.45, 7) is -0.557. The molecule has 3 heterocycles. The summed E-state index contributed by atoms with van der Waals surface area (Å²) in [5.41, 5.74) is 0.386. The predicted molar refractivity (Wildman–Crippen MR) is 94.3 cm³/mol. The topological polar surface area (TPSA) is 113 Å². The molecule has 0 unspecified atom stereocenters. The summed E-state index contributed by atoms with van der Waals surface area (Å²) in [7, 11) is 1.46. The zero-order valence-corrected chi connectivity index (χ0v) is 15.5. The van der Waals surface area contributed by atoms with Gasteiger partial charge in [0.2, 0.25) is 0 Å². The molecule has 156 valence electrons. The number of rotatable bonds is 4. The maximum absolute atomic E-state index is 12.5. The van der Waals surface area contributed by atoms with Crippen LogP contribution in [-0.2, 0) is 7.05 Å². The molecule has 2 N–H and O–H groups in total. The molecule has 1 aliphatic heterocycles. The van der Waals surface area contributed by atoms with Gasteiger partial charge in [-0.15, -0.1) is 0 Å². The van der Waals surface area contributed by atoms with Crippen LogP contribution in [-0.4, -0.2) is 62.5 Å². The van der Waals surface area contributed by atoms with Crippen molar-refractivity contribution >= 4 is 11.8 Å². The van der Waals surface area contributed by atoms with Crippen molar-refractivity contribution in [1.82, 2.24) is 30.2 Å². The number of nitrogens with zero attached hydrogens (tertiary/aromatic N) is 4. The lowest BCUT2D eigenvalue weighted by Crippen LogP contribution is -2.39. The fourth-order valence-corrected chi connectivity index (χ4v) is 3.11. The number of aromatic nitrogens is 4. The van der Waals surface area contributed by atoms with Gasteiger partial charge in [0.25, 0.3) is 17.4 Å². The maximum atomic E-state index is 12.5. The van der Waals surface area contributed by atoms with Gasteiger partial charge in [0, 0.05) is 37.8 Å². The summed E-state index contributed by atoms with van der Waals surface area (Å²) in [5.74, 6) is -1.20. The minimum absolute atomic E-state index is 0.0104. The highest BCUT2D eigenvalue weighted by Gasteiger charge is 2.29. The Morgan fingerprint density at radius 1 is 1.24 bits per heavy atom. The number of hydrogen-bond donors (Lipinski definition) is 2. The van der Waals surface area contributed by atoms with Crippen molar-refractivity contribution in [3.8, 4) is 0 Å². The van der Waals surface area contributed by atoms with Crippen LogP contribution in [0.2, 0.25) is 0 Å². The van der Waals surface area contributed by atoms with E-state index in [1.807, 2.05) is 0 Å². The lowest BCUT2D eigenvalue weighted by Gasteiger charge is -2.31. The summed E-state index contributed by atoms with van der Waals surface area (Å²) in [4.78, 5) is 37.3. The zero-order valence-electron chi connectivity index (χ0n) is 15.5. The number of piperidine rings is 1. The Balaban J connectivity index is 1.57. The lowest BCUT2D eigenvalue weighted by molar-refractivity contribution is -0.123. The third-order valence-electron chi connectivity index (χ3n) is 4.68. The molecular formula is C17H19F3N6O3. The SMILES string of the molecule is Cn1nc(C(=O)N2CCC(c3cc(C(=O)NCC(F)(F)F)n[nH]3)CC2)ccc1=O. The van der Waals surface area contributed by atoms with Gasteiger partial charge in [-0.25, -0.2) is 4.68 Å². The van der Waals surface area contributed by atoms with Crippen LogP contribution >= 0.6 is 0 Å². The number of carbonyl (C=O) groups excluding carboxylic acids is 2. The molecule has 12 heteroatoms. The number of likely N-dealkylation sites (tertiary alicyclic amines) is 1. The molecule has 0 spiro atoms. The zero-order chi connectivity index (χ0) is 21.2. The summed E-state index contributed by atoms with van der Waals surface area (Å²) < 4.78 is 37.7. The predicted octanol–water partition coefficient (Wildman–Crippen LogP) is 0.815. The number of aromatic amines is 1. The van der Waals surface area contributed by atoms with E-state index in [1.54, 1.807) is 10.2 Å². The summed E-state index contributed by atoms with van der Waals surface area (Å²) >= 11 is 0. The van der Waals surface area contributed by atoms with Gasteiger partial charge >= 0.3 is 6.18 Å². The van der Waals surface area contributed by atoms with Crippen LogP contribution in [0, 0.1) is 0 Å². The van der Waals surface area contributed by atoms with Crippen molar-refractivity contribution in [3.05, 3.63) is 45.6 Å². The number of carbonyl (C=O) groups is 2. The van der Waals surface area contributed by atoms with E-state index in [9.17, 15) is 27.6 Å². The number of H-pyrrole nitrogens is 1. The van der Waals surface area contributed by atoms with Crippen molar-refractivity contribution in [2.24, 2.45) is 7.05 Å². The maximum Gasteiger partial charge on any atom is 0.405 e. The molecular weight excluding hydrogens is 393 g/mol. The van der Waals surface area contributed by atoms with E-state index in [-0.39, 0.29) is 28.8 Å². The van der Waals surface area contributed by atoms with Gasteiger partial charge in [-0.3, -0.25) is 19.5 Å². The summed E-state index contributed by atoms with van der Waals surface area (Å²) in [6, 6.07) is 4.10. The van der Waals surface area contributed by atoms with Gasteiger partial charge in [0.15, 0.2) is 0 Å². The molecule has 0 aromatic carbocycles. The smallest absolute Gasteiger partial charge is 0.342 e. The first-order chi connectivity index (χ1) is 13.6. The molecule has 29 heavy (non-hydrogen) atoms. The Labute approximate surface area is 162 Å². The second-order valence-corrected chi connectivity index (χ2v) is 6.75. The molecule has 0 atom stereocenters. The average Bonchev–Trinajstić information content (AvgIpc) is 3.17. The quantitative estimate of drug-likeness (QED) is 0.772. The van der Waals surface area contributed by atoms with E-state index in [4.69, 9.17) is 0 Å². The van der Waals surface area contributed by atoms with Crippen LogP contribution in [0.3, 0.4) is 0 Å². The Bertz CT molecular complexity index is 960. The fraction of sp³-hybridized carbons (Fsp3) is 0.471. The third-order valence-corrected chi connectivity index (χ3v) is 4.68. The molecule has 0 saturated carbocycles. The molecule has 0 radical (unpaired) electrons. The molecule has 1 aliphatic rings. The van der Waals surface area contributed by atoms with Gasteiger partial charge in [-0.1, -0.05) is 0 Å². The van der Waals surface area contributed by atoms with Crippen LogP contribution in [0.5, 0.6) is 0 Å². The highest BCUT2D eigenvalue weighted by atomic mass is 19.4. The van der Waals surface area contributed by atoms with Crippen molar-refractivity contribution in [2.45, 2.75) is 24.9 Å². The van der Waals surface area contributed by atoms with Crippen LogP contribution in [0.1, 0.15) is 45.4 Å². The van der Waals surface area contributed by atoms with Crippen molar-refractivity contribution in [3.63, 3.8) is 0 Å². The molecule has 1 fully saturated rings. The number of halogens is 3. The lowest BCUT2D eigenvalue weighted by atomic mass is 9.93. The minimum atomic E-state index is -4.49. The summed E-state index contributed by atoms with van der Waals surface area (Å²) in [6.07, 6.45) is -3.32. The van der Waals surface area contributed by atoms with Crippen molar-refractivity contribution < 1.29 is 22.8 Å². The Kier molecular flexibility index (Phi) is 5.71. The van der Waals surface area contributed by atoms with Crippen LogP contribution in [0.4, 0.5) is 13.2 Å². The molecule has 2 amide bonds. The number of nitrogens with one attached hydrogen (secondary N) is 2. The van der Waals surface area contributed by atoms with E-state index in [1.165, 1.54) is 25.2 Å². The molecule has 2 aromatic heterocycles. The second kappa shape index (κ2) is 8.05. The largest absolute Gasteiger partial charge is 0.405 e. The first kappa shape index (κ1) is 20.6. The Morgan fingerprint density at radius 2 is 1.93 bits per heavy atom. The third kappa shape index (κ3) is 5.00. The molecule has 1 saturated heterocycles. The molecule has 2 aromatic rings. The van der Waals surface area contributed by atoms with Crippen LogP contribution in [0.25, 0.3) is 0 Å². The van der Waals surface area contributed by atoms with Gasteiger partial charge < -0.3 is 10.2 Å². The standard InChI is InChI=1S/C17H19F3N6O3/c1-25-14(27)3-2-11(24-25)16(29)26-6-4-10(5-7-26)12-8-13(23-22-12)15(28)21-9-17(18,19)20/h2-3,8,10H,4-7,9H2,1H3,(H,21,28)(H,22,23). The Morgan fingerprint density at radius 3 is 2.55 bits per heavy atom. The highest BCUT2D eigenvalue weighted by Crippen LogP contribution is 2.27. The highest BCUT2D eigenvalue weighted by molar-refractivity contribution is 5.92. The van der Waals surface area contributed by atoms with Gasteiger partial charge in [0.1, 0.15) is 17.9 Å². The molecule has 0 bridgehead atoms. The van der Waals surface area contributed by atoms with Gasteiger partial charge in [-0.2, -0.15) is 23.4 Å². The van der Waals surface area contributed by atoms with Gasteiger partial charge in [0.05, 0.1) is 0 Å². The number of hydrogen-bond acceptors (Lipinski definition) is 5. The van der Waals surface area contributed by atoms with E-state index in [2.05, 4.69) is 15.3 Å². The van der Waals surface area contributed by atoms with Crippen molar-refractivity contribution in [2.75, 3.05) is 19.6 Å². The number of amides is 2. The van der Waals surface area contributed by atoms with E-state index < -0.39 is 18.6 Å². The first-order valence-corrected chi connectivity index (χ1v) is 8.88. The second-order valence-electron chi connectivity index (χ2n) is 6.75. The van der Waals surface area contributed by atoms with E-state index in [0.717, 1.165) is 4.68 Å². The molecule has 3 rings (SSSR count). The Hall–Kier alpha value is -3.18. The molecule has 9 nitrogen and oxygen atoms in total. The van der Waals surface area contributed by atoms with E-state index >= 15 is 0 Å². The van der Waals surface area contributed by atoms with Crippen molar-refractivity contribution in [1.29, 1.82) is 0 Å². The van der Waals surface area contributed by atoms with Gasteiger partial charge in [-0.05, 0) is 25.0 Å². The normalized spacial score (nSPS) is 15.4. The number of aryl methyl sites for hydroxylation is 1. The van der Waals surface area contributed by atoms with Crippen LogP contribution in [0.15, 0.2) is 23.0 Å². The van der Waals surface area contributed by atoms with Crippen LogP contribution < -0.4 is 10.9 Å². The number of alkyl halides is 3. The fourth-order valence-electron chi connectivity index (χ4n) is 3.11.